The molecule has 6 heteroatoms. The fraction of sp³-hybridized carbons (Fsp3) is 0.500. The first-order chi connectivity index (χ1) is 10.7. The molecular weight excluding hydrogens is 300 g/mol. The van der Waals surface area contributed by atoms with Gasteiger partial charge in [-0.1, -0.05) is 24.1 Å². The summed E-state index contributed by atoms with van der Waals surface area (Å²) >= 11 is 1.62. The van der Waals surface area contributed by atoms with E-state index in [9.17, 15) is 5.11 Å². The normalized spacial score (nSPS) is 13.5. The van der Waals surface area contributed by atoms with Crippen LogP contribution in [-0.4, -0.2) is 40.3 Å². The lowest BCUT2D eigenvalue weighted by molar-refractivity contribution is 0.0861. The van der Waals surface area contributed by atoms with Crippen LogP contribution < -0.4 is 0 Å². The zero-order valence-electron chi connectivity index (χ0n) is 12.7. The second kappa shape index (κ2) is 8.82. The maximum absolute atomic E-state index is 9.24. The van der Waals surface area contributed by atoms with E-state index in [1.165, 1.54) is 0 Å². The number of unbranched alkanes of at least 4 members (excludes halogenated alkanes) is 2. The average molecular weight is 322 g/mol. The van der Waals surface area contributed by atoms with E-state index in [0.717, 1.165) is 47.9 Å². The first-order valence-corrected chi connectivity index (χ1v) is 8.39. The highest BCUT2D eigenvalue weighted by Gasteiger charge is 2.09. The molecule has 0 aliphatic heterocycles. The highest BCUT2D eigenvalue weighted by Crippen LogP contribution is 2.25. The topological polar surface area (TPSA) is 78.9 Å². The number of rotatable bonds is 9. The van der Waals surface area contributed by atoms with Crippen molar-refractivity contribution in [2.24, 2.45) is 4.99 Å². The molecule has 0 amide bonds. The first kappa shape index (κ1) is 16.9. The van der Waals surface area contributed by atoms with Gasteiger partial charge in [0.25, 0.3) is 0 Å². The van der Waals surface area contributed by atoms with Gasteiger partial charge in [-0.3, -0.25) is 4.99 Å². The Labute approximate surface area is 134 Å². The van der Waals surface area contributed by atoms with Gasteiger partial charge >= 0.3 is 0 Å². The van der Waals surface area contributed by atoms with E-state index < -0.39 is 6.10 Å². The van der Waals surface area contributed by atoms with Gasteiger partial charge < -0.3 is 14.7 Å². The highest BCUT2D eigenvalue weighted by molar-refractivity contribution is 7.13. The number of aliphatic imine (C=N–C) groups is 1. The Morgan fingerprint density at radius 3 is 3.00 bits per heavy atom. The molecule has 0 aromatic carbocycles. The minimum atomic E-state index is -0.587. The molecule has 5 nitrogen and oxygen atoms in total. The van der Waals surface area contributed by atoms with E-state index >= 15 is 0 Å². The number of aromatic nitrogens is 1. The summed E-state index contributed by atoms with van der Waals surface area (Å²) in [4.78, 5) is 5.58. The van der Waals surface area contributed by atoms with E-state index in [1.54, 1.807) is 11.3 Å². The number of hydrogen-bond donors (Lipinski definition) is 2. The van der Waals surface area contributed by atoms with E-state index in [0.29, 0.717) is 6.42 Å². The monoisotopic (exact) mass is 322 g/mol. The van der Waals surface area contributed by atoms with Crippen molar-refractivity contribution in [3.05, 3.63) is 29.3 Å². The molecule has 1 unspecified atom stereocenters. The van der Waals surface area contributed by atoms with E-state index in [1.807, 2.05) is 30.5 Å². The van der Waals surface area contributed by atoms with Gasteiger partial charge in [0.1, 0.15) is 5.69 Å². The second-order valence-electron chi connectivity index (χ2n) is 5.21. The Hall–Kier alpha value is -1.50. The number of hydrogen-bond acceptors (Lipinski definition) is 6. The van der Waals surface area contributed by atoms with Gasteiger partial charge in [-0.05, 0) is 31.2 Å². The quantitative estimate of drug-likeness (QED) is 0.549. The Balaban J connectivity index is 1.75. The summed E-state index contributed by atoms with van der Waals surface area (Å²) in [7, 11) is 0. The predicted octanol–water partition coefficient (Wildman–Crippen LogP) is 3.13. The summed E-state index contributed by atoms with van der Waals surface area (Å²) < 4.78 is 5.34. The maximum Gasteiger partial charge on any atom is 0.177 e. The summed E-state index contributed by atoms with van der Waals surface area (Å²) in [6.07, 6.45) is 2.92. The lowest BCUT2D eigenvalue weighted by atomic mass is 10.1. The van der Waals surface area contributed by atoms with Crippen molar-refractivity contribution < 1.29 is 14.7 Å². The van der Waals surface area contributed by atoms with Crippen molar-refractivity contribution >= 4 is 17.0 Å². The molecule has 0 radical (unpaired) electrons. The minimum absolute atomic E-state index is 0.157. The standard InChI is InChI=1S/C16H22N2O3S/c1-12(17-8-4-2-3-6-13(20)11-19)14-10-15(21-18-14)16-7-5-9-22-16/h5,7,9-10,13,19-20H,2-4,6,8,11H2,1H3. The third-order valence-electron chi connectivity index (χ3n) is 3.40. The van der Waals surface area contributed by atoms with Crippen LogP contribution in [0.4, 0.5) is 0 Å². The van der Waals surface area contributed by atoms with Gasteiger partial charge in [-0.15, -0.1) is 11.3 Å². The number of nitrogens with zero attached hydrogens (tertiary/aromatic N) is 2. The van der Waals surface area contributed by atoms with Gasteiger partial charge in [0.2, 0.25) is 0 Å². The van der Waals surface area contributed by atoms with Crippen LogP contribution >= 0.6 is 11.3 Å². The van der Waals surface area contributed by atoms with Gasteiger partial charge in [-0.2, -0.15) is 0 Å². The van der Waals surface area contributed by atoms with Crippen LogP contribution in [0.15, 0.2) is 33.1 Å². The van der Waals surface area contributed by atoms with Crippen LogP contribution in [0.1, 0.15) is 38.3 Å². The molecule has 0 aliphatic carbocycles. The number of aliphatic hydroxyl groups excluding tert-OH is 2. The van der Waals surface area contributed by atoms with E-state index in [4.69, 9.17) is 9.63 Å². The van der Waals surface area contributed by atoms with Crippen molar-refractivity contribution in [3.63, 3.8) is 0 Å². The van der Waals surface area contributed by atoms with Gasteiger partial charge in [0.05, 0.1) is 23.3 Å². The minimum Gasteiger partial charge on any atom is -0.394 e. The highest BCUT2D eigenvalue weighted by atomic mass is 32.1. The molecule has 1 atom stereocenters. The molecule has 120 valence electrons. The molecule has 2 aromatic rings. The lowest BCUT2D eigenvalue weighted by Crippen LogP contribution is -2.11. The van der Waals surface area contributed by atoms with E-state index in [2.05, 4.69) is 10.1 Å². The van der Waals surface area contributed by atoms with Crippen molar-refractivity contribution in [1.29, 1.82) is 0 Å². The van der Waals surface area contributed by atoms with Crippen molar-refractivity contribution in [3.8, 4) is 10.6 Å². The molecule has 22 heavy (non-hydrogen) atoms. The average Bonchev–Trinajstić information content (AvgIpc) is 3.20. The fourth-order valence-electron chi connectivity index (χ4n) is 2.07. The smallest absolute Gasteiger partial charge is 0.177 e. The number of thiophene rings is 1. The molecule has 2 N–H and O–H groups in total. The third kappa shape index (κ3) is 5.05. The van der Waals surface area contributed by atoms with Crippen LogP contribution in [0.25, 0.3) is 10.6 Å². The molecule has 0 aliphatic rings. The summed E-state index contributed by atoms with van der Waals surface area (Å²) in [5, 5.41) is 24.0. The third-order valence-corrected chi connectivity index (χ3v) is 4.28. The molecular formula is C16H22N2O3S. The SMILES string of the molecule is CC(=NCCCCCC(O)CO)c1cc(-c2cccs2)on1. The summed E-state index contributed by atoms with van der Waals surface area (Å²) in [5.74, 6) is 0.776. The van der Waals surface area contributed by atoms with Gasteiger partial charge in [-0.25, -0.2) is 0 Å². The Morgan fingerprint density at radius 2 is 2.27 bits per heavy atom. The Bertz CT molecular complexity index is 578. The Morgan fingerprint density at radius 1 is 1.41 bits per heavy atom. The van der Waals surface area contributed by atoms with Crippen LogP contribution in [0.2, 0.25) is 0 Å². The zero-order valence-corrected chi connectivity index (χ0v) is 13.6. The molecule has 0 saturated carbocycles. The van der Waals surface area contributed by atoms with Crippen LogP contribution in [0.3, 0.4) is 0 Å². The molecule has 0 bridgehead atoms. The summed E-state index contributed by atoms with van der Waals surface area (Å²) in [5.41, 5.74) is 1.65. The molecule has 0 fully saturated rings. The van der Waals surface area contributed by atoms with Crippen LogP contribution in [0, 0.1) is 0 Å². The maximum atomic E-state index is 9.24. The van der Waals surface area contributed by atoms with Crippen molar-refractivity contribution in [2.45, 2.75) is 38.7 Å². The molecule has 0 spiro atoms. The second-order valence-corrected chi connectivity index (χ2v) is 6.15. The summed E-state index contributed by atoms with van der Waals surface area (Å²) in [6, 6.07) is 5.90. The van der Waals surface area contributed by atoms with Gasteiger partial charge in [0, 0.05) is 12.6 Å². The predicted molar refractivity (Wildman–Crippen MR) is 88.5 cm³/mol. The van der Waals surface area contributed by atoms with Crippen LogP contribution in [-0.2, 0) is 0 Å². The Kier molecular flexibility index (Phi) is 6.76. The lowest BCUT2D eigenvalue weighted by Gasteiger charge is -2.05. The number of aliphatic hydroxyl groups is 2. The summed E-state index contributed by atoms with van der Waals surface area (Å²) in [6.45, 7) is 2.52. The molecule has 2 heterocycles. The molecule has 0 saturated heterocycles. The largest absolute Gasteiger partial charge is 0.394 e. The molecule has 2 aromatic heterocycles. The molecule has 2 rings (SSSR count). The van der Waals surface area contributed by atoms with Crippen molar-refractivity contribution in [1.82, 2.24) is 5.16 Å². The van der Waals surface area contributed by atoms with Gasteiger partial charge in [0.15, 0.2) is 5.76 Å². The van der Waals surface area contributed by atoms with E-state index in [-0.39, 0.29) is 6.61 Å². The fourth-order valence-corrected chi connectivity index (χ4v) is 2.74. The zero-order chi connectivity index (χ0) is 15.8. The first-order valence-electron chi connectivity index (χ1n) is 7.51. The van der Waals surface area contributed by atoms with Crippen LogP contribution in [0.5, 0.6) is 0 Å². The van der Waals surface area contributed by atoms with Crippen molar-refractivity contribution in [2.75, 3.05) is 13.2 Å².